The number of nitrogens with zero attached hydrogens (tertiary/aromatic N) is 5. The molecule has 0 aliphatic carbocycles. The highest BCUT2D eigenvalue weighted by Crippen LogP contribution is 2.34. The van der Waals surface area contributed by atoms with E-state index >= 15 is 0 Å². The molecule has 0 atom stereocenters. The summed E-state index contributed by atoms with van der Waals surface area (Å²) in [6, 6.07) is 16.0. The number of rotatable bonds is 6. The van der Waals surface area contributed by atoms with Crippen molar-refractivity contribution in [3.8, 4) is 5.75 Å². The number of para-hydroxylation sites is 1. The van der Waals surface area contributed by atoms with E-state index in [9.17, 15) is 4.79 Å². The molecule has 1 aliphatic heterocycles. The van der Waals surface area contributed by atoms with Gasteiger partial charge in [-0.3, -0.25) is 19.5 Å². The first-order valence-corrected chi connectivity index (χ1v) is 13.0. The lowest BCUT2D eigenvalue weighted by Gasteiger charge is -2.22. The smallest absolute Gasteiger partial charge is 0.234 e. The molecular weight excluding hydrogens is 472 g/mol. The molecule has 8 nitrogen and oxygen atoms in total. The Balaban J connectivity index is 1.41. The van der Waals surface area contributed by atoms with Crippen LogP contribution in [0.4, 0.5) is 5.82 Å². The van der Waals surface area contributed by atoms with Gasteiger partial charge in [0.1, 0.15) is 17.4 Å². The maximum Gasteiger partial charge on any atom is 0.234 e. The van der Waals surface area contributed by atoms with Gasteiger partial charge in [0.2, 0.25) is 11.2 Å². The molecule has 1 N–H and O–H groups in total. The van der Waals surface area contributed by atoms with Crippen molar-refractivity contribution in [1.82, 2.24) is 24.6 Å². The predicted molar refractivity (Wildman–Crippen MR) is 145 cm³/mol. The van der Waals surface area contributed by atoms with E-state index in [4.69, 9.17) is 9.72 Å². The lowest BCUT2D eigenvalue weighted by molar-refractivity contribution is 0.283. The van der Waals surface area contributed by atoms with Gasteiger partial charge < -0.3 is 14.5 Å². The van der Waals surface area contributed by atoms with Crippen LogP contribution in [0.15, 0.2) is 65.7 Å². The second kappa shape index (κ2) is 9.85. The van der Waals surface area contributed by atoms with Gasteiger partial charge in [-0.05, 0) is 62.0 Å². The van der Waals surface area contributed by atoms with Crippen LogP contribution in [0, 0.1) is 0 Å². The van der Waals surface area contributed by atoms with Crippen LogP contribution in [0.2, 0.25) is 0 Å². The first-order valence-electron chi connectivity index (χ1n) is 12.2. The van der Waals surface area contributed by atoms with Crippen LogP contribution in [0.5, 0.6) is 5.75 Å². The highest BCUT2D eigenvalue weighted by Gasteiger charge is 2.21. The quantitative estimate of drug-likeness (QED) is 0.281. The van der Waals surface area contributed by atoms with Gasteiger partial charge in [-0.25, -0.2) is 4.98 Å². The molecule has 6 rings (SSSR count). The minimum atomic E-state index is -0.128. The summed E-state index contributed by atoms with van der Waals surface area (Å²) in [5.41, 5.74) is 2.68. The van der Waals surface area contributed by atoms with Gasteiger partial charge in [-0.2, -0.15) is 0 Å². The van der Waals surface area contributed by atoms with Crippen molar-refractivity contribution >= 4 is 43.2 Å². The van der Waals surface area contributed by atoms with Crippen LogP contribution in [-0.4, -0.2) is 59.2 Å². The molecule has 9 heteroatoms. The van der Waals surface area contributed by atoms with E-state index < -0.39 is 0 Å². The van der Waals surface area contributed by atoms with Crippen LogP contribution in [0.3, 0.4) is 0 Å². The molecule has 36 heavy (non-hydrogen) atoms. The fourth-order valence-electron chi connectivity index (χ4n) is 4.75. The Labute approximate surface area is 212 Å². The van der Waals surface area contributed by atoms with Gasteiger partial charge in [-0.15, -0.1) is 11.3 Å². The topological polar surface area (TPSA) is 75.0 Å². The van der Waals surface area contributed by atoms with Crippen molar-refractivity contribution in [2.75, 3.05) is 44.9 Å². The summed E-state index contributed by atoms with van der Waals surface area (Å²) in [4.78, 5) is 28.2. The number of fused-ring (bicyclic) bond motifs is 5. The molecule has 0 spiro atoms. The Kier molecular flexibility index (Phi) is 6.27. The fourth-order valence-corrected chi connectivity index (χ4v) is 5.89. The van der Waals surface area contributed by atoms with E-state index in [1.807, 2.05) is 36.4 Å². The lowest BCUT2D eigenvalue weighted by Crippen LogP contribution is -2.29. The molecule has 1 saturated heterocycles. The van der Waals surface area contributed by atoms with E-state index in [0.717, 1.165) is 59.0 Å². The summed E-state index contributed by atoms with van der Waals surface area (Å²) >= 11 is 1.56. The Morgan fingerprint density at radius 1 is 1.03 bits per heavy atom. The minimum Gasteiger partial charge on any atom is -0.471 e. The predicted octanol–water partition coefficient (Wildman–Crippen LogP) is 3.73. The minimum absolute atomic E-state index is 0.128. The van der Waals surface area contributed by atoms with Crippen LogP contribution in [0.1, 0.15) is 12.0 Å². The Hall–Kier alpha value is -3.53. The zero-order valence-electron chi connectivity index (χ0n) is 20.2. The second-order valence-corrected chi connectivity index (χ2v) is 10.2. The van der Waals surface area contributed by atoms with Gasteiger partial charge in [0.05, 0.1) is 15.6 Å². The van der Waals surface area contributed by atoms with Gasteiger partial charge in [0, 0.05) is 38.6 Å². The molecule has 4 aromatic heterocycles. The first kappa shape index (κ1) is 22.9. The zero-order chi connectivity index (χ0) is 24.5. The number of likely N-dealkylation sites (N-methyl/N-ethyl adjacent to an activating group) is 1. The number of pyridine rings is 3. The maximum atomic E-state index is 13.6. The number of nitrogens with one attached hydrogen (secondary N) is 1. The first-order chi connectivity index (χ1) is 17.7. The molecule has 0 amide bonds. The van der Waals surface area contributed by atoms with Gasteiger partial charge in [0.25, 0.3) is 0 Å². The number of ether oxygens (including phenoxy) is 1. The van der Waals surface area contributed by atoms with Crippen molar-refractivity contribution in [3.63, 3.8) is 0 Å². The summed E-state index contributed by atoms with van der Waals surface area (Å²) in [7, 11) is 2.16. The Bertz CT molecular complexity index is 1580. The van der Waals surface area contributed by atoms with Crippen LogP contribution < -0.4 is 20.4 Å². The molecule has 0 saturated carbocycles. The maximum absolute atomic E-state index is 13.6. The van der Waals surface area contributed by atoms with Crippen molar-refractivity contribution in [1.29, 1.82) is 0 Å². The molecule has 5 heterocycles. The molecule has 0 unspecified atom stereocenters. The van der Waals surface area contributed by atoms with Gasteiger partial charge in [-0.1, -0.05) is 12.1 Å². The van der Waals surface area contributed by atoms with Crippen molar-refractivity contribution < 1.29 is 4.74 Å². The number of hydrogen-bond acceptors (Lipinski definition) is 8. The average molecular weight is 501 g/mol. The average Bonchev–Trinajstić information content (AvgIpc) is 3.16. The summed E-state index contributed by atoms with van der Waals surface area (Å²) in [5, 5.41) is 3.83. The van der Waals surface area contributed by atoms with E-state index in [1.54, 1.807) is 23.7 Å². The SMILES string of the molecule is CN1CCCN(c2ccc3c(=O)c(OCNCc4ccncc4)c4sc5ccccc5n4c3n2)CC1. The van der Waals surface area contributed by atoms with Gasteiger partial charge in [0.15, 0.2) is 5.65 Å². The fraction of sp³-hybridized carbons (Fsp3) is 0.296. The van der Waals surface area contributed by atoms with Crippen LogP contribution in [0.25, 0.3) is 26.1 Å². The molecule has 5 aromatic rings. The highest BCUT2D eigenvalue weighted by molar-refractivity contribution is 7.24. The largest absolute Gasteiger partial charge is 0.471 e. The molecule has 1 fully saturated rings. The zero-order valence-corrected chi connectivity index (χ0v) is 21.0. The summed E-state index contributed by atoms with van der Waals surface area (Å²) in [6.45, 7) is 4.80. The molecule has 1 aromatic carbocycles. The summed E-state index contributed by atoms with van der Waals surface area (Å²) in [5.74, 6) is 1.27. The molecule has 0 radical (unpaired) electrons. The number of anilines is 1. The third kappa shape index (κ3) is 4.30. The second-order valence-electron chi connectivity index (χ2n) is 9.12. The van der Waals surface area contributed by atoms with E-state index in [-0.39, 0.29) is 12.2 Å². The Morgan fingerprint density at radius 3 is 2.78 bits per heavy atom. The summed E-state index contributed by atoms with van der Waals surface area (Å²) in [6.07, 6.45) is 4.62. The van der Waals surface area contributed by atoms with Crippen molar-refractivity contribution in [2.45, 2.75) is 13.0 Å². The standard InChI is InChI=1S/C27H28N6O2S/c1-31-13-4-14-32(16-15-31)23-8-7-20-24(34)25(35-18-29-17-19-9-11-28-12-10-19)27-33(26(20)30-23)21-5-2-3-6-22(21)36-27/h2-3,5-12,29H,4,13-18H2,1H3. The molecular formula is C27H28N6O2S. The third-order valence-corrected chi connectivity index (χ3v) is 7.80. The van der Waals surface area contributed by atoms with Crippen LogP contribution >= 0.6 is 11.3 Å². The molecule has 0 bridgehead atoms. The molecule has 1 aliphatic rings. The molecule has 184 valence electrons. The Morgan fingerprint density at radius 2 is 1.89 bits per heavy atom. The monoisotopic (exact) mass is 500 g/mol. The van der Waals surface area contributed by atoms with E-state index in [0.29, 0.717) is 23.3 Å². The third-order valence-electron chi connectivity index (χ3n) is 6.67. The van der Waals surface area contributed by atoms with E-state index in [2.05, 4.69) is 43.7 Å². The number of aromatic nitrogens is 3. The van der Waals surface area contributed by atoms with Crippen molar-refractivity contribution in [2.24, 2.45) is 0 Å². The lowest BCUT2D eigenvalue weighted by atomic mass is 10.2. The van der Waals surface area contributed by atoms with E-state index in [1.165, 1.54) is 0 Å². The van der Waals surface area contributed by atoms with Crippen LogP contribution in [-0.2, 0) is 6.54 Å². The van der Waals surface area contributed by atoms with Gasteiger partial charge >= 0.3 is 0 Å². The number of hydrogen-bond donors (Lipinski definition) is 1. The number of benzene rings is 1. The van der Waals surface area contributed by atoms with Crippen molar-refractivity contribution in [3.05, 3.63) is 76.7 Å². The summed E-state index contributed by atoms with van der Waals surface area (Å²) < 4.78 is 9.26. The number of thiazole rings is 1. The highest BCUT2D eigenvalue weighted by atomic mass is 32.1. The normalized spacial score (nSPS) is 15.1.